The smallest absolute Gasteiger partial charge is 0.133 e. The molecule has 0 heterocycles. The normalized spacial score (nSPS) is 17.5. The Morgan fingerprint density at radius 2 is 2.27 bits per heavy atom. The van der Waals surface area contributed by atoms with Crippen LogP contribution in [0.4, 0.5) is 0 Å². The maximum atomic E-state index is 6.09. The lowest BCUT2D eigenvalue weighted by Gasteiger charge is -2.11. The van der Waals surface area contributed by atoms with Gasteiger partial charge in [-0.3, -0.25) is 0 Å². The summed E-state index contributed by atoms with van der Waals surface area (Å²) < 4.78 is 6.19. The Labute approximate surface area is 98.9 Å². The highest BCUT2D eigenvalue weighted by atomic mass is 79.9. The van der Waals surface area contributed by atoms with Crippen molar-refractivity contribution in [2.45, 2.75) is 25.3 Å². The lowest BCUT2D eigenvalue weighted by molar-refractivity contribution is 0.412. The van der Waals surface area contributed by atoms with E-state index in [0.717, 1.165) is 22.6 Å². The van der Waals surface area contributed by atoms with Gasteiger partial charge in [0, 0.05) is 6.04 Å². The van der Waals surface area contributed by atoms with Crippen molar-refractivity contribution in [1.29, 1.82) is 0 Å². The number of benzene rings is 1. The average molecular weight is 270 g/mol. The molecule has 0 bridgehead atoms. The molecule has 82 valence electrons. The van der Waals surface area contributed by atoms with Gasteiger partial charge in [0.15, 0.2) is 0 Å². The molecular formula is C12H16BrNO. The van der Waals surface area contributed by atoms with E-state index in [2.05, 4.69) is 28.1 Å². The van der Waals surface area contributed by atoms with Crippen LogP contribution in [0.3, 0.4) is 0 Å². The van der Waals surface area contributed by atoms with E-state index in [4.69, 9.17) is 10.5 Å². The summed E-state index contributed by atoms with van der Waals surface area (Å²) in [6, 6.07) is 6.50. The Morgan fingerprint density at radius 3 is 2.80 bits per heavy atom. The second kappa shape index (κ2) is 4.54. The van der Waals surface area contributed by atoms with E-state index in [9.17, 15) is 0 Å². The Kier molecular flexibility index (Phi) is 3.32. The number of hydrogen-bond acceptors (Lipinski definition) is 2. The van der Waals surface area contributed by atoms with Crippen LogP contribution in [0.25, 0.3) is 0 Å². The van der Waals surface area contributed by atoms with Gasteiger partial charge in [-0.15, -0.1) is 0 Å². The Bertz CT molecular complexity index is 349. The summed E-state index contributed by atoms with van der Waals surface area (Å²) in [4.78, 5) is 0. The van der Waals surface area contributed by atoms with Crippen LogP contribution in [0.15, 0.2) is 22.7 Å². The van der Waals surface area contributed by atoms with Crippen molar-refractivity contribution in [2.24, 2.45) is 11.7 Å². The monoisotopic (exact) mass is 269 g/mol. The van der Waals surface area contributed by atoms with Crippen molar-refractivity contribution in [1.82, 2.24) is 0 Å². The van der Waals surface area contributed by atoms with E-state index >= 15 is 0 Å². The Morgan fingerprint density at radius 1 is 1.53 bits per heavy atom. The number of halogens is 1. The summed E-state index contributed by atoms with van der Waals surface area (Å²) in [6.45, 7) is 0. The van der Waals surface area contributed by atoms with Crippen LogP contribution in [0.5, 0.6) is 5.75 Å². The molecule has 0 radical (unpaired) electrons. The third-order valence-electron chi connectivity index (χ3n) is 2.92. The number of methoxy groups -OCH3 is 1. The van der Waals surface area contributed by atoms with E-state index in [1.165, 1.54) is 18.4 Å². The molecule has 2 rings (SSSR count). The van der Waals surface area contributed by atoms with E-state index in [-0.39, 0.29) is 0 Å². The van der Waals surface area contributed by atoms with E-state index in [0.29, 0.717) is 6.04 Å². The number of rotatable bonds is 4. The number of nitrogens with two attached hydrogens (primary N) is 1. The summed E-state index contributed by atoms with van der Waals surface area (Å²) in [5.74, 6) is 1.63. The first kappa shape index (κ1) is 11.0. The van der Waals surface area contributed by atoms with E-state index < -0.39 is 0 Å². The first-order valence-electron chi connectivity index (χ1n) is 5.28. The van der Waals surface area contributed by atoms with Crippen molar-refractivity contribution in [3.63, 3.8) is 0 Å². The summed E-state index contributed by atoms with van der Waals surface area (Å²) in [5.41, 5.74) is 7.36. The molecule has 1 aromatic rings. The first-order chi connectivity index (χ1) is 7.20. The molecule has 1 saturated carbocycles. The van der Waals surface area contributed by atoms with Crippen LogP contribution < -0.4 is 10.5 Å². The van der Waals surface area contributed by atoms with Gasteiger partial charge >= 0.3 is 0 Å². The van der Waals surface area contributed by atoms with Gasteiger partial charge in [0.1, 0.15) is 5.75 Å². The fourth-order valence-electron chi connectivity index (χ4n) is 1.80. The van der Waals surface area contributed by atoms with Crippen molar-refractivity contribution in [2.75, 3.05) is 7.11 Å². The van der Waals surface area contributed by atoms with Gasteiger partial charge < -0.3 is 10.5 Å². The molecule has 1 aliphatic rings. The van der Waals surface area contributed by atoms with Gasteiger partial charge in [-0.05, 0) is 58.8 Å². The molecule has 1 fully saturated rings. The molecule has 2 nitrogen and oxygen atoms in total. The Balaban J connectivity index is 2.05. The zero-order chi connectivity index (χ0) is 10.8. The van der Waals surface area contributed by atoms with Crippen LogP contribution in [-0.4, -0.2) is 13.2 Å². The fourth-order valence-corrected chi connectivity index (χ4v) is 2.39. The Hall–Kier alpha value is -0.540. The topological polar surface area (TPSA) is 35.2 Å². The van der Waals surface area contributed by atoms with Crippen LogP contribution >= 0.6 is 15.9 Å². The highest BCUT2D eigenvalue weighted by Gasteiger charge is 2.28. The summed E-state index contributed by atoms with van der Waals surface area (Å²) in [5, 5.41) is 0. The van der Waals surface area contributed by atoms with Gasteiger partial charge in [0.05, 0.1) is 11.6 Å². The third-order valence-corrected chi connectivity index (χ3v) is 3.53. The minimum absolute atomic E-state index is 0.324. The summed E-state index contributed by atoms with van der Waals surface area (Å²) >= 11 is 3.48. The van der Waals surface area contributed by atoms with Gasteiger partial charge in [0.2, 0.25) is 0 Å². The third kappa shape index (κ3) is 2.73. The van der Waals surface area contributed by atoms with Crippen molar-refractivity contribution >= 4 is 15.9 Å². The molecule has 0 aromatic heterocycles. The van der Waals surface area contributed by atoms with Gasteiger partial charge in [-0.2, -0.15) is 0 Å². The molecule has 1 aliphatic carbocycles. The molecule has 0 spiro atoms. The fraction of sp³-hybridized carbons (Fsp3) is 0.500. The quantitative estimate of drug-likeness (QED) is 0.913. The maximum Gasteiger partial charge on any atom is 0.133 e. The predicted octanol–water partition coefficient (Wildman–Crippen LogP) is 2.74. The molecule has 0 aliphatic heterocycles. The summed E-state index contributed by atoms with van der Waals surface area (Å²) in [7, 11) is 1.68. The van der Waals surface area contributed by atoms with Gasteiger partial charge in [0.25, 0.3) is 0 Å². The van der Waals surface area contributed by atoms with Crippen LogP contribution in [0.2, 0.25) is 0 Å². The summed E-state index contributed by atoms with van der Waals surface area (Å²) in [6.07, 6.45) is 3.57. The van der Waals surface area contributed by atoms with E-state index in [1.807, 2.05) is 6.07 Å². The molecule has 1 atom stereocenters. The van der Waals surface area contributed by atoms with Crippen LogP contribution in [-0.2, 0) is 6.42 Å². The molecule has 3 heteroatoms. The molecule has 1 aromatic carbocycles. The lowest BCUT2D eigenvalue weighted by atomic mass is 10.0. The SMILES string of the molecule is COc1ccc(CC(N)C2CC2)cc1Br. The molecule has 0 saturated heterocycles. The van der Waals surface area contributed by atoms with Crippen molar-refractivity contribution in [3.05, 3.63) is 28.2 Å². The predicted molar refractivity (Wildman–Crippen MR) is 65.1 cm³/mol. The molecule has 15 heavy (non-hydrogen) atoms. The zero-order valence-electron chi connectivity index (χ0n) is 8.87. The highest BCUT2D eigenvalue weighted by Crippen LogP contribution is 2.33. The zero-order valence-corrected chi connectivity index (χ0v) is 10.5. The number of ether oxygens (including phenoxy) is 1. The van der Waals surface area contributed by atoms with Crippen molar-refractivity contribution < 1.29 is 4.74 Å². The van der Waals surface area contributed by atoms with Crippen molar-refractivity contribution in [3.8, 4) is 5.75 Å². The standard InChI is InChI=1S/C12H16BrNO/c1-15-12-5-2-8(6-10(12)13)7-11(14)9-3-4-9/h2,5-6,9,11H,3-4,7,14H2,1H3. The number of hydrogen-bond donors (Lipinski definition) is 1. The second-order valence-electron chi connectivity index (χ2n) is 4.17. The maximum absolute atomic E-state index is 6.09. The lowest BCUT2D eigenvalue weighted by Crippen LogP contribution is -2.24. The largest absolute Gasteiger partial charge is 0.496 e. The molecule has 1 unspecified atom stereocenters. The first-order valence-corrected chi connectivity index (χ1v) is 6.08. The average Bonchev–Trinajstić information content (AvgIpc) is 3.01. The second-order valence-corrected chi connectivity index (χ2v) is 5.03. The molecule has 2 N–H and O–H groups in total. The molecular weight excluding hydrogens is 254 g/mol. The minimum Gasteiger partial charge on any atom is -0.496 e. The molecule has 0 amide bonds. The van der Waals surface area contributed by atoms with Crippen LogP contribution in [0.1, 0.15) is 18.4 Å². The highest BCUT2D eigenvalue weighted by molar-refractivity contribution is 9.10. The van der Waals surface area contributed by atoms with E-state index in [1.54, 1.807) is 7.11 Å². The van der Waals surface area contributed by atoms with Gasteiger partial charge in [-0.25, -0.2) is 0 Å². The van der Waals surface area contributed by atoms with Crippen LogP contribution in [0, 0.1) is 5.92 Å². The van der Waals surface area contributed by atoms with Gasteiger partial charge in [-0.1, -0.05) is 6.07 Å². The minimum atomic E-state index is 0.324.